The van der Waals surface area contributed by atoms with Gasteiger partial charge in [-0.2, -0.15) is 0 Å². The highest BCUT2D eigenvalue weighted by atomic mass is 15.2. The van der Waals surface area contributed by atoms with Crippen molar-refractivity contribution < 1.29 is 0 Å². The minimum absolute atomic E-state index is 0.346. The fourth-order valence-corrected chi connectivity index (χ4v) is 2.96. The van der Waals surface area contributed by atoms with Crippen LogP contribution in [0, 0.1) is 5.92 Å². The first-order valence-corrected chi connectivity index (χ1v) is 5.91. The van der Waals surface area contributed by atoms with Gasteiger partial charge in [-0.05, 0) is 46.5 Å². The van der Waals surface area contributed by atoms with Crippen molar-refractivity contribution >= 4 is 0 Å². The molecule has 1 unspecified atom stereocenters. The Morgan fingerprint density at radius 1 is 1.36 bits per heavy atom. The van der Waals surface area contributed by atoms with Crippen LogP contribution >= 0.6 is 0 Å². The molecule has 0 bridgehead atoms. The number of hydrogen-bond donors (Lipinski definition) is 0. The van der Waals surface area contributed by atoms with Gasteiger partial charge in [-0.15, -0.1) is 0 Å². The van der Waals surface area contributed by atoms with Gasteiger partial charge in [0.05, 0.1) is 0 Å². The second kappa shape index (κ2) is 3.96. The van der Waals surface area contributed by atoms with Gasteiger partial charge in [-0.1, -0.05) is 19.4 Å². The Labute approximate surface area is 89.2 Å². The Kier molecular flexibility index (Phi) is 3.28. The number of allylic oxidation sites excluding steroid dienone is 2. The van der Waals surface area contributed by atoms with E-state index >= 15 is 0 Å². The van der Waals surface area contributed by atoms with Gasteiger partial charge in [0.2, 0.25) is 0 Å². The van der Waals surface area contributed by atoms with Crippen molar-refractivity contribution in [3.63, 3.8) is 0 Å². The smallest absolute Gasteiger partial charge is 0.0348 e. The molecule has 0 saturated heterocycles. The van der Waals surface area contributed by atoms with Gasteiger partial charge >= 0.3 is 0 Å². The Hall–Kier alpha value is -0.460. The Bertz CT molecular complexity index is 238. The van der Waals surface area contributed by atoms with Gasteiger partial charge in [0.1, 0.15) is 0 Å². The summed E-state index contributed by atoms with van der Waals surface area (Å²) < 4.78 is 0. The van der Waals surface area contributed by atoms with E-state index < -0.39 is 0 Å². The highest BCUT2D eigenvalue weighted by Gasteiger charge is 2.34. The van der Waals surface area contributed by atoms with Gasteiger partial charge in [0.25, 0.3) is 0 Å². The average Bonchev–Trinajstić information content (AvgIpc) is 2.09. The first-order valence-electron chi connectivity index (χ1n) is 5.91. The largest absolute Gasteiger partial charge is 0.370 e. The Morgan fingerprint density at radius 3 is 2.36 bits per heavy atom. The van der Waals surface area contributed by atoms with E-state index in [9.17, 15) is 0 Å². The molecule has 0 spiro atoms. The van der Waals surface area contributed by atoms with Crippen LogP contribution in [-0.2, 0) is 0 Å². The summed E-state index contributed by atoms with van der Waals surface area (Å²) in [6, 6.07) is 0. The van der Waals surface area contributed by atoms with Gasteiger partial charge in [-0.3, -0.25) is 0 Å². The first kappa shape index (κ1) is 11.6. The van der Waals surface area contributed by atoms with Crippen LogP contribution < -0.4 is 0 Å². The molecule has 0 aliphatic carbocycles. The predicted octanol–water partition coefficient (Wildman–Crippen LogP) is 3.81. The molecular weight excluding hydrogens is 170 g/mol. The summed E-state index contributed by atoms with van der Waals surface area (Å²) in [6.45, 7) is 15.1. The minimum Gasteiger partial charge on any atom is -0.370 e. The summed E-state index contributed by atoms with van der Waals surface area (Å²) in [5.74, 6) is 0.753. The topological polar surface area (TPSA) is 3.24 Å². The molecule has 1 atom stereocenters. The molecule has 0 aromatic rings. The van der Waals surface area contributed by atoms with Crippen LogP contribution in [0.15, 0.2) is 11.3 Å². The van der Waals surface area contributed by atoms with E-state index in [1.165, 1.54) is 12.8 Å². The molecule has 1 rings (SSSR count). The SMILES string of the molecule is CCC1=C(C)C(C)CC(C)(C)N1CC. The molecular formula is C13H25N. The van der Waals surface area contributed by atoms with Gasteiger partial charge in [0, 0.05) is 17.8 Å². The molecule has 14 heavy (non-hydrogen) atoms. The summed E-state index contributed by atoms with van der Waals surface area (Å²) in [7, 11) is 0. The van der Waals surface area contributed by atoms with Crippen molar-refractivity contribution in [2.75, 3.05) is 6.54 Å². The third-order valence-corrected chi connectivity index (χ3v) is 3.71. The monoisotopic (exact) mass is 195 g/mol. The Morgan fingerprint density at radius 2 is 1.93 bits per heavy atom. The molecule has 0 radical (unpaired) electrons. The van der Waals surface area contributed by atoms with Crippen molar-refractivity contribution in [1.82, 2.24) is 4.90 Å². The molecule has 0 saturated carbocycles. The van der Waals surface area contributed by atoms with Crippen LogP contribution in [0.1, 0.15) is 54.4 Å². The van der Waals surface area contributed by atoms with Crippen LogP contribution in [0.5, 0.6) is 0 Å². The van der Waals surface area contributed by atoms with E-state index in [0.717, 1.165) is 12.5 Å². The molecule has 0 aromatic carbocycles. The lowest BCUT2D eigenvalue weighted by Gasteiger charge is -2.48. The Balaban J connectivity index is 3.09. The third kappa shape index (κ3) is 1.82. The van der Waals surface area contributed by atoms with E-state index in [1.807, 2.05) is 0 Å². The minimum atomic E-state index is 0.346. The fourth-order valence-electron chi connectivity index (χ4n) is 2.96. The maximum Gasteiger partial charge on any atom is 0.0348 e. The summed E-state index contributed by atoms with van der Waals surface area (Å²) in [5, 5.41) is 0. The highest BCUT2D eigenvalue weighted by Crippen LogP contribution is 2.38. The van der Waals surface area contributed by atoms with E-state index in [-0.39, 0.29) is 0 Å². The average molecular weight is 195 g/mol. The molecule has 1 heteroatoms. The maximum atomic E-state index is 2.59. The number of rotatable bonds is 2. The fraction of sp³-hybridized carbons (Fsp3) is 0.846. The van der Waals surface area contributed by atoms with Crippen molar-refractivity contribution in [2.45, 2.75) is 59.9 Å². The quantitative estimate of drug-likeness (QED) is 0.647. The van der Waals surface area contributed by atoms with E-state index in [4.69, 9.17) is 0 Å². The van der Waals surface area contributed by atoms with Crippen molar-refractivity contribution in [2.24, 2.45) is 5.92 Å². The van der Waals surface area contributed by atoms with Crippen LogP contribution in [-0.4, -0.2) is 17.0 Å². The lowest BCUT2D eigenvalue weighted by molar-refractivity contribution is 0.121. The molecule has 0 amide bonds. The van der Waals surface area contributed by atoms with Gasteiger partial charge < -0.3 is 4.90 Å². The summed E-state index contributed by atoms with van der Waals surface area (Å²) >= 11 is 0. The van der Waals surface area contributed by atoms with Crippen molar-refractivity contribution in [3.05, 3.63) is 11.3 Å². The normalized spacial score (nSPS) is 27.0. The molecule has 1 aliphatic rings. The molecule has 0 aromatic heterocycles. The van der Waals surface area contributed by atoms with Gasteiger partial charge in [0.15, 0.2) is 0 Å². The molecule has 82 valence electrons. The molecule has 1 heterocycles. The molecule has 0 fully saturated rings. The number of nitrogens with zero attached hydrogens (tertiary/aromatic N) is 1. The number of hydrogen-bond acceptors (Lipinski definition) is 1. The van der Waals surface area contributed by atoms with Crippen LogP contribution in [0.4, 0.5) is 0 Å². The molecule has 1 nitrogen and oxygen atoms in total. The van der Waals surface area contributed by atoms with Crippen LogP contribution in [0.3, 0.4) is 0 Å². The van der Waals surface area contributed by atoms with Crippen LogP contribution in [0.25, 0.3) is 0 Å². The lowest BCUT2D eigenvalue weighted by atomic mass is 9.80. The van der Waals surface area contributed by atoms with Crippen LogP contribution in [0.2, 0.25) is 0 Å². The molecule has 1 aliphatic heterocycles. The standard InChI is InChI=1S/C13H25N/c1-7-12-11(4)10(3)9-13(5,6)14(12)8-2/h10H,7-9H2,1-6H3. The maximum absolute atomic E-state index is 2.59. The van der Waals surface area contributed by atoms with Crippen molar-refractivity contribution in [3.8, 4) is 0 Å². The lowest BCUT2D eigenvalue weighted by Crippen LogP contribution is -2.47. The highest BCUT2D eigenvalue weighted by molar-refractivity contribution is 5.20. The third-order valence-electron chi connectivity index (χ3n) is 3.71. The first-order chi connectivity index (χ1) is 6.44. The second-order valence-electron chi connectivity index (χ2n) is 5.15. The molecule has 0 N–H and O–H groups in total. The zero-order valence-corrected chi connectivity index (χ0v) is 10.6. The summed E-state index contributed by atoms with van der Waals surface area (Å²) in [4.78, 5) is 2.59. The van der Waals surface area contributed by atoms with E-state index in [1.54, 1.807) is 11.3 Å². The van der Waals surface area contributed by atoms with Crippen molar-refractivity contribution in [1.29, 1.82) is 0 Å². The zero-order chi connectivity index (χ0) is 10.9. The van der Waals surface area contributed by atoms with E-state index in [0.29, 0.717) is 5.54 Å². The zero-order valence-electron chi connectivity index (χ0n) is 10.6. The summed E-state index contributed by atoms with van der Waals surface area (Å²) in [5.41, 5.74) is 3.53. The second-order valence-corrected chi connectivity index (χ2v) is 5.15. The summed E-state index contributed by atoms with van der Waals surface area (Å²) in [6.07, 6.45) is 2.46. The van der Waals surface area contributed by atoms with Gasteiger partial charge in [-0.25, -0.2) is 0 Å². The predicted molar refractivity (Wildman–Crippen MR) is 63.2 cm³/mol. The van der Waals surface area contributed by atoms with E-state index in [2.05, 4.69) is 46.4 Å².